The SMILES string of the molecule is CC(C)CCc1cc(CCC(C)C)c(O)c(N=Nc2ccccc2[N+](=O)[O-])c1. The van der Waals surface area contributed by atoms with E-state index in [9.17, 15) is 15.2 Å². The first-order chi connectivity index (χ1) is 13.3. The second-order valence-electron chi connectivity index (χ2n) is 7.93. The summed E-state index contributed by atoms with van der Waals surface area (Å²) in [6.07, 6.45) is 3.64. The predicted octanol–water partition coefficient (Wildman–Crippen LogP) is 6.89. The van der Waals surface area contributed by atoms with Crippen molar-refractivity contribution in [1.29, 1.82) is 0 Å². The normalized spacial score (nSPS) is 11.6. The van der Waals surface area contributed by atoms with Gasteiger partial charge in [0.1, 0.15) is 11.4 Å². The van der Waals surface area contributed by atoms with Gasteiger partial charge >= 0.3 is 0 Å². The van der Waals surface area contributed by atoms with Gasteiger partial charge in [0, 0.05) is 6.07 Å². The number of hydrogen-bond donors (Lipinski definition) is 1. The molecule has 2 aromatic rings. The summed E-state index contributed by atoms with van der Waals surface area (Å²) in [5, 5.41) is 30.1. The van der Waals surface area contributed by atoms with Crippen LogP contribution < -0.4 is 0 Å². The first-order valence-electron chi connectivity index (χ1n) is 9.77. The van der Waals surface area contributed by atoms with Gasteiger partial charge in [-0.2, -0.15) is 0 Å². The van der Waals surface area contributed by atoms with Crippen LogP contribution in [0.5, 0.6) is 5.75 Å². The molecule has 0 saturated heterocycles. The van der Waals surface area contributed by atoms with E-state index >= 15 is 0 Å². The van der Waals surface area contributed by atoms with Crippen LogP contribution in [0, 0.1) is 22.0 Å². The molecule has 0 aromatic heterocycles. The summed E-state index contributed by atoms with van der Waals surface area (Å²) in [7, 11) is 0. The van der Waals surface area contributed by atoms with Crippen molar-refractivity contribution < 1.29 is 10.0 Å². The van der Waals surface area contributed by atoms with Gasteiger partial charge in [0.25, 0.3) is 5.69 Å². The quantitative estimate of drug-likeness (QED) is 0.290. The Kier molecular flexibility index (Phi) is 7.67. The third-order valence-corrected chi connectivity index (χ3v) is 4.57. The molecule has 0 atom stereocenters. The van der Waals surface area contributed by atoms with E-state index in [4.69, 9.17) is 0 Å². The molecule has 6 heteroatoms. The van der Waals surface area contributed by atoms with Crippen LogP contribution in [-0.2, 0) is 12.8 Å². The van der Waals surface area contributed by atoms with E-state index in [2.05, 4.69) is 37.9 Å². The Bertz CT molecular complexity index is 845. The average Bonchev–Trinajstić information content (AvgIpc) is 2.65. The number of phenolic OH excluding ortho intramolecular Hbond substituents is 1. The molecule has 0 amide bonds. The summed E-state index contributed by atoms with van der Waals surface area (Å²) in [6, 6.07) is 10.1. The largest absolute Gasteiger partial charge is 0.505 e. The molecule has 150 valence electrons. The van der Waals surface area contributed by atoms with Crippen LogP contribution in [0.3, 0.4) is 0 Å². The predicted molar refractivity (Wildman–Crippen MR) is 112 cm³/mol. The van der Waals surface area contributed by atoms with Crippen molar-refractivity contribution in [2.75, 3.05) is 0 Å². The maximum Gasteiger partial charge on any atom is 0.296 e. The van der Waals surface area contributed by atoms with E-state index in [1.165, 1.54) is 6.07 Å². The Morgan fingerprint density at radius 1 is 0.964 bits per heavy atom. The minimum atomic E-state index is -0.485. The molecule has 2 aromatic carbocycles. The van der Waals surface area contributed by atoms with Crippen molar-refractivity contribution in [3.8, 4) is 5.75 Å². The minimum Gasteiger partial charge on any atom is -0.505 e. The highest BCUT2D eigenvalue weighted by atomic mass is 16.6. The highest BCUT2D eigenvalue weighted by Gasteiger charge is 2.14. The number of azo groups is 1. The fourth-order valence-electron chi connectivity index (χ4n) is 2.86. The number of aryl methyl sites for hydroxylation is 2. The summed E-state index contributed by atoms with van der Waals surface area (Å²) in [4.78, 5) is 10.7. The lowest BCUT2D eigenvalue weighted by Crippen LogP contribution is -1.97. The summed E-state index contributed by atoms with van der Waals surface area (Å²) in [5.41, 5.74) is 2.37. The zero-order valence-corrected chi connectivity index (χ0v) is 17.1. The molecule has 28 heavy (non-hydrogen) atoms. The molecule has 0 bridgehead atoms. The molecule has 0 radical (unpaired) electrons. The number of nitro benzene ring substituents is 1. The zero-order chi connectivity index (χ0) is 20.7. The number of para-hydroxylation sites is 1. The molecule has 0 spiro atoms. The van der Waals surface area contributed by atoms with Crippen LogP contribution in [0.2, 0.25) is 0 Å². The fraction of sp³-hybridized carbons (Fsp3) is 0.455. The third-order valence-electron chi connectivity index (χ3n) is 4.57. The Labute approximate surface area is 166 Å². The summed E-state index contributed by atoms with van der Waals surface area (Å²) in [6.45, 7) is 8.65. The van der Waals surface area contributed by atoms with E-state index in [1.807, 2.05) is 12.1 Å². The number of nitrogens with zero attached hydrogens (tertiary/aromatic N) is 3. The number of hydrogen-bond acceptors (Lipinski definition) is 5. The van der Waals surface area contributed by atoms with Crippen LogP contribution in [0.4, 0.5) is 17.1 Å². The Morgan fingerprint density at radius 3 is 2.21 bits per heavy atom. The lowest BCUT2D eigenvalue weighted by atomic mass is 9.96. The molecule has 0 unspecified atom stereocenters. The summed E-state index contributed by atoms with van der Waals surface area (Å²) < 4.78 is 0. The smallest absolute Gasteiger partial charge is 0.296 e. The van der Waals surface area contributed by atoms with Gasteiger partial charge in [-0.15, -0.1) is 10.2 Å². The van der Waals surface area contributed by atoms with E-state index < -0.39 is 4.92 Å². The van der Waals surface area contributed by atoms with Gasteiger partial charge in [0.15, 0.2) is 5.69 Å². The van der Waals surface area contributed by atoms with Gasteiger partial charge in [0.05, 0.1) is 4.92 Å². The van der Waals surface area contributed by atoms with Crippen molar-refractivity contribution in [2.45, 2.75) is 53.4 Å². The molecule has 2 rings (SSSR count). The van der Waals surface area contributed by atoms with E-state index in [-0.39, 0.29) is 17.1 Å². The number of rotatable bonds is 9. The fourth-order valence-corrected chi connectivity index (χ4v) is 2.86. The molecule has 0 aliphatic carbocycles. The standard InChI is InChI=1S/C22H29N3O3/c1-15(2)9-11-17-13-18(12-10-16(3)4)22(26)20(14-17)24-23-19-7-5-6-8-21(19)25(27)28/h5-8,13-16,26H,9-12H2,1-4H3. The average molecular weight is 383 g/mol. The zero-order valence-electron chi connectivity index (χ0n) is 17.1. The Morgan fingerprint density at radius 2 is 1.57 bits per heavy atom. The van der Waals surface area contributed by atoms with Crippen molar-refractivity contribution in [2.24, 2.45) is 22.1 Å². The molecule has 0 saturated carbocycles. The van der Waals surface area contributed by atoms with Gasteiger partial charge in [-0.25, -0.2) is 0 Å². The second-order valence-corrected chi connectivity index (χ2v) is 7.93. The molecule has 0 heterocycles. The number of phenols is 1. The number of aromatic hydroxyl groups is 1. The summed E-state index contributed by atoms with van der Waals surface area (Å²) in [5.74, 6) is 1.21. The van der Waals surface area contributed by atoms with Crippen molar-refractivity contribution in [3.05, 3.63) is 57.6 Å². The van der Waals surface area contributed by atoms with Gasteiger partial charge in [0.2, 0.25) is 0 Å². The van der Waals surface area contributed by atoms with Crippen molar-refractivity contribution >= 4 is 17.1 Å². The number of benzene rings is 2. The van der Waals surface area contributed by atoms with Gasteiger partial charge in [-0.3, -0.25) is 10.1 Å². The highest BCUT2D eigenvalue weighted by Crippen LogP contribution is 2.36. The lowest BCUT2D eigenvalue weighted by Gasteiger charge is -2.12. The molecular weight excluding hydrogens is 354 g/mol. The van der Waals surface area contributed by atoms with Crippen molar-refractivity contribution in [1.82, 2.24) is 0 Å². The maximum absolute atomic E-state index is 11.2. The first-order valence-corrected chi connectivity index (χ1v) is 9.77. The maximum atomic E-state index is 11.2. The molecule has 0 aliphatic rings. The van der Waals surface area contributed by atoms with Gasteiger partial charge < -0.3 is 5.11 Å². The van der Waals surface area contributed by atoms with Gasteiger partial charge in [-0.05, 0) is 60.8 Å². The first kappa shape index (κ1) is 21.5. The molecule has 1 N–H and O–H groups in total. The molecule has 0 aliphatic heterocycles. The molecule has 6 nitrogen and oxygen atoms in total. The van der Waals surface area contributed by atoms with Crippen LogP contribution in [-0.4, -0.2) is 10.0 Å². The van der Waals surface area contributed by atoms with Crippen LogP contribution in [0.25, 0.3) is 0 Å². The van der Waals surface area contributed by atoms with Crippen LogP contribution >= 0.6 is 0 Å². The van der Waals surface area contributed by atoms with E-state index in [1.54, 1.807) is 18.2 Å². The van der Waals surface area contributed by atoms with E-state index in [0.717, 1.165) is 36.8 Å². The number of nitro groups is 1. The Hall–Kier alpha value is -2.76. The topological polar surface area (TPSA) is 88.1 Å². The summed E-state index contributed by atoms with van der Waals surface area (Å²) >= 11 is 0. The third kappa shape index (κ3) is 6.15. The van der Waals surface area contributed by atoms with Crippen LogP contribution in [0.1, 0.15) is 51.7 Å². The minimum absolute atomic E-state index is 0.108. The highest BCUT2D eigenvalue weighted by molar-refractivity contribution is 5.60. The molecular formula is C22H29N3O3. The second kappa shape index (κ2) is 9.97. The Balaban J connectivity index is 2.39. The lowest BCUT2D eigenvalue weighted by molar-refractivity contribution is -0.384. The van der Waals surface area contributed by atoms with Crippen molar-refractivity contribution in [3.63, 3.8) is 0 Å². The van der Waals surface area contributed by atoms with E-state index in [0.29, 0.717) is 17.5 Å². The monoisotopic (exact) mass is 383 g/mol. The van der Waals surface area contributed by atoms with Gasteiger partial charge in [-0.1, -0.05) is 45.9 Å². The molecule has 0 fully saturated rings. The van der Waals surface area contributed by atoms with Crippen LogP contribution in [0.15, 0.2) is 46.6 Å².